The van der Waals surface area contributed by atoms with Gasteiger partial charge in [0.2, 0.25) is 0 Å². The Bertz CT molecular complexity index is 197. The number of aliphatic hydroxyl groups excluding tert-OH is 1. The van der Waals surface area contributed by atoms with Gasteiger partial charge in [0.05, 0.1) is 6.10 Å². The first-order valence-corrected chi connectivity index (χ1v) is 5.00. The molecule has 2 aliphatic heterocycles. The van der Waals surface area contributed by atoms with Gasteiger partial charge in [-0.25, -0.2) is 0 Å². The highest BCUT2D eigenvalue weighted by Crippen LogP contribution is 2.21. The molecule has 2 atom stereocenters. The summed E-state index contributed by atoms with van der Waals surface area (Å²) in [7, 11) is 0. The molecule has 74 valence electrons. The first-order chi connectivity index (χ1) is 6.34. The van der Waals surface area contributed by atoms with Crippen molar-refractivity contribution < 1.29 is 9.84 Å². The zero-order valence-corrected chi connectivity index (χ0v) is 7.83. The first kappa shape index (κ1) is 9.19. The minimum atomic E-state index is -0.286. The van der Waals surface area contributed by atoms with Crippen molar-refractivity contribution in [2.24, 2.45) is 5.92 Å². The molecule has 2 heterocycles. The monoisotopic (exact) mass is 183 g/mol. The van der Waals surface area contributed by atoms with E-state index in [1.165, 1.54) is 12.0 Å². The minimum Gasteiger partial charge on any atom is -0.388 e. The Hall–Kier alpha value is -0.380. The summed E-state index contributed by atoms with van der Waals surface area (Å²) in [5, 5.41) is 12.6. The lowest BCUT2D eigenvalue weighted by Crippen LogP contribution is -2.32. The van der Waals surface area contributed by atoms with Gasteiger partial charge in [0.1, 0.15) is 0 Å². The molecule has 3 nitrogen and oxygen atoms in total. The van der Waals surface area contributed by atoms with Crippen molar-refractivity contribution in [1.29, 1.82) is 0 Å². The predicted molar refractivity (Wildman–Crippen MR) is 50.5 cm³/mol. The van der Waals surface area contributed by atoms with Crippen LogP contribution in [0.2, 0.25) is 0 Å². The summed E-state index contributed by atoms with van der Waals surface area (Å²) in [4.78, 5) is 0. The molecule has 0 radical (unpaired) electrons. The quantitative estimate of drug-likeness (QED) is 0.605. The van der Waals surface area contributed by atoms with Gasteiger partial charge in [-0.2, -0.15) is 0 Å². The number of β-amino-alcohol motifs (C(OH)–C–C–N with tert-alkyl or cyclic N) is 1. The average Bonchev–Trinajstić information content (AvgIpc) is 2.57. The number of hydrogen-bond acceptors (Lipinski definition) is 3. The highest BCUT2D eigenvalue weighted by Gasteiger charge is 2.19. The third kappa shape index (κ3) is 2.53. The molecule has 0 aromatic heterocycles. The van der Waals surface area contributed by atoms with Crippen LogP contribution in [0.3, 0.4) is 0 Å². The van der Waals surface area contributed by atoms with Gasteiger partial charge in [0, 0.05) is 26.3 Å². The molecule has 0 aromatic rings. The highest BCUT2D eigenvalue weighted by atomic mass is 16.5. The second-order valence-electron chi connectivity index (χ2n) is 3.96. The standard InChI is InChI=1S/C10H17NO2/c12-10-4-9(5-11-6-10)3-8-1-2-13-7-8/h4,8,10-12H,1-3,5-7H2. The topological polar surface area (TPSA) is 41.5 Å². The van der Waals surface area contributed by atoms with Crippen LogP contribution in [-0.4, -0.2) is 37.5 Å². The molecular formula is C10H17NO2. The van der Waals surface area contributed by atoms with E-state index in [1.54, 1.807) is 0 Å². The van der Waals surface area contributed by atoms with Crippen LogP contribution in [0.4, 0.5) is 0 Å². The summed E-state index contributed by atoms with van der Waals surface area (Å²) in [6.07, 6.45) is 3.97. The minimum absolute atomic E-state index is 0.286. The van der Waals surface area contributed by atoms with Crippen molar-refractivity contribution >= 4 is 0 Å². The normalized spacial score (nSPS) is 34.7. The van der Waals surface area contributed by atoms with E-state index in [1.807, 2.05) is 6.08 Å². The van der Waals surface area contributed by atoms with Crippen molar-refractivity contribution in [2.45, 2.75) is 18.9 Å². The van der Waals surface area contributed by atoms with Crippen LogP contribution >= 0.6 is 0 Å². The molecule has 0 spiro atoms. The second kappa shape index (κ2) is 4.22. The van der Waals surface area contributed by atoms with Crippen LogP contribution in [0.5, 0.6) is 0 Å². The lowest BCUT2D eigenvalue weighted by Gasteiger charge is -2.20. The summed E-state index contributed by atoms with van der Waals surface area (Å²) in [6, 6.07) is 0. The van der Waals surface area contributed by atoms with E-state index in [9.17, 15) is 5.11 Å². The molecule has 1 saturated heterocycles. The third-order valence-corrected chi connectivity index (χ3v) is 2.71. The van der Waals surface area contributed by atoms with Crippen LogP contribution in [0.15, 0.2) is 11.6 Å². The number of hydrogen-bond donors (Lipinski definition) is 2. The van der Waals surface area contributed by atoms with Gasteiger partial charge in [-0.05, 0) is 18.8 Å². The maximum atomic E-state index is 9.38. The van der Waals surface area contributed by atoms with Crippen molar-refractivity contribution in [1.82, 2.24) is 5.32 Å². The maximum Gasteiger partial charge on any atom is 0.0848 e. The number of aliphatic hydroxyl groups is 1. The summed E-state index contributed by atoms with van der Waals surface area (Å²) in [5.74, 6) is 0.679. The Balaban J connectivity index is 1.85. The molecule has 13 heavy (non-hydrogen) atoms. The number of nitrogens with one attached hydrogen (secondary N) is 1. The van der Waals surface area contributed by atoms with Crippen LogP contribution in [0.25, 0.3) is 0 Å². The third-order valence-electron chi connectivity index (χ3n) is 2.71. The van der Waals surface area contributed by atoms with Gasteiger partial charge >= 0.3 is 0 Å². The van der Waals surface area contributed by atoms with E-state index in [2.05, 4.69) is 5.32 Å². The Labute approximate surface area is 78.8 Å². The van der Waals surface area contributed by atoms with E-state index in [0.29, 0.717) is 12.5 Å². The van der Waals surface area contributed by atoms with Gasteiger partial charge in [0.25, 0.3) is 0 Å². The second-order valence-corrected chi connectivity index (χ2v) is 3.96. The summed E-state index contributed by atoms with van der Waals surface area (Å²) in [5.41, 5.74) is 1.34. The SMILES string of the molecule is OC1C=C(CC2CCOC2)CNC1. The molecule has 0 amide bonds. The summed E-state index contributed by atoms with van der Waals surface area (Å²) >= 11 is 0. The van der Waals surface area contributed by atoms with Gasteiger partial charge < -0.3 is 15.2 Å². The smallest absolute Gasteiger partial charge is 0.0848 e. The fourth-order valence-corrected chi connectivity index (χ4v) is 2.03. The summed E-state index contributed by atoms with van der Waals surface area (Å²) in [6.45, 7) is 3.44. The summed E-state index contributed by atoms with van der Waals surface area (Å²) < 4.78 is 5.32. The lowest BCUT2D eigenvalue weighted by atomic mass is 9.96. The molecule has 0 aromatic carbocycles. The van der Waals surface area contributed by atoms with Crippen LogP contribution < -0.4 is 5.32 Å². The fourth-order valence-electron chi connectivity index (χ4n) is 2.03. The van der Waals surface area contributed by atoms with Crippen LogP contribution in [0.1, 0.15) is 12.8 Å². The molecule has 2 rings (SSSR count). The van der Waals surface area contributed by atoms with Crippen LogP contribution in [0, 0.1) is 5.92 Å². The van der Waals surface area contributed by atoms with Gasteiger partial charge in [-0.3, -0.25) is 0 Å². The molecule has 0 aliphatic carbocycles. The van der Waals surface area contributed by atoms with E-state index >= 15 is 0 Å². The molecule has 0 saturated carbocycles. The fraction of sp³-hybridized carbons (Fsp3) is 0.800. The highest BCUT2D eigenvalue weighted by molar-refractivity contribution is 5.12. The zero-order valence-electron chi connectivity index (χ0n) is 7.83. The van der Waals surface area contributed by atoms with E-state index < -0.39 is 0 Å². The van der Waals surface area contributed by atoms with Crippen molar-refractivity contribution in [3.63, 3.8) is 0 Å². The van der Waals surface area contributed by atoms with Crippen molar-refractivity contribution in [3.05, 3.63) is 11.6 Å². The maximum absolute atomic E-state index is 9.38. The molecule has 2 N–H and O–H groups in total. The molecule has 2 aliphatic rings. The van der Waals surface area contributed by atoms with E-state index in [0.717, 1.165) is 26.2 Å². The average molecular weight is 183 g/mol. The molecular weight excluding hydrogens is 166 g/mol. The molecule has 3 heteroatoms. The van der Waals surface area contributed by atoms with E-state index in [-0.39, 0.29) is 6.10 Å². The largest absolute Gasteiger partial charge is 0.388 e. The van der Waals surface area contributed by atoms with Crippen LogP contribution in [-0.2, 0) is 4.74 Å². The predicted octanol–water partition coefficient (Wildman–Crippen LogP) is 0.303. The lowest BCUT2D eigenvalue weighted by molar-refractivity contribution is 0.184. The molecule has 1 fully saturated rings. The van der Waals surface area contributed by atoms with Gasteiger partial charge in [-0.1, -0.05) is 11.6 Å². The Morgan fingerprint density at radius 2 is 2.54 bits per heavy atom. The first-order valence-electron chi connectivity index (χ1n) is 5.00. The Morgan fingerprint density at radius 1 is 1.62 bits per heavy atom. The number of ether oxygens (including phenoxy) is 1. The zero-order chi connectivity index (χ0) is 9.10. The van der Waals surface area contributed by atoms with Gasteiger partial charge in [0.15, 0.2) is 0 Å². The molecule has 2 unspecified atom stereocenters. The van der Waals surface area contributed by atoms with E-state index in [4.69, 9.17) is 4.74 Å². The van der Waals surface area contributed by atoms with Gasteiger partial charge in [-0.15, -0.1) is 0 Å². The Morgan fingerprint density at radius 3 is 3.23 bits per heavy atom. The van der Waals surface area contributed by atoms with Crippen molar-refractivity contribution in [2.75, 3.05) is 26.3 Å². The van der Waals surface area contributed by atoms with Crippen molar-refractivity contribution in [3.8, 4) is 0 Å². The Kier molecular flexibility index (Phi) is 2.98. The number of rotatable bonds is 2. The molecule has 0 bridgehead atoms.